The van der Waals surface area contributed by atoms with Crippen molar-refractivity contribution in [3.63, 3.8) is 0 Å². The Hall–Kier alpha value is -2.49. The molecule has 1 aromatic carbocycles. The van der Waals surface area contributed by atoms with Crippen molar-refractivity contribution in [1.29, 1.82) is 0 Å². The molecule has 1 atom stereocenters. The summed E-state index contributed by atoms with van der Waals surface area (Å²) in [6.07, 6.45) is 4.32. The summed E-state index contributed by atoms with van der Waals surface area (Å²) in [5, 5.41) is 3.93. The Morgan fingerprint density at radius 3 is 2.45 bits per heavy atom. The third-order valence-corrected chi connectivity index (χ3v) is 9.29. The van der Waals surface area contributed by atoms with Crippen molar-refractivity contribution < 1.29 is 13.2 Å². The summed E-state index contributed by atoms with van der Waals surface area (Å²) in [4.78, 5) is 18.9. The molecule has 4 rings (SSSR count). The minimum Gasteiger partial charge on any atom is -0.345 e. The fourth-order valence-corrected chi connectivity index (χ4v) is 6.78. The van der Waals surface area contributed by atoms with Gasteiger partial charge >= 0.3 is 0 Å². The highest BCUT2D eigenvalue weighted by Gasteiger charge is 2.29. The zero-order chi connectivity index (χ0) is 23.8. The number of hydrogen-bond acceptors (Lipinski definition) is 5. The van der Waals surface area contributed by atoms with Gasteiger partial charge in [-0.15, -0.1) is 11.3 Å². The second kappa shape index (κ2) is 9.40. The van der Waals surface area contributed by atoms with Gasteiger partial charge in [0.1, 0.15) is 15.6 Å². The van der Waals surface area contributed by atoms with Crippen LogP contribution < -0.4 is 5.32 Å². The van der Waals surface area contributed by atoms with E-state index in [1.165, 1.54) is 22.1 Å². The van der Waals surface area contributed by atoms with Crippen molar-refractivity contribution >= 4 is 27.3 Å². The molecule has 1 aliphatic heterocycles. The summed E-state index contributed by atoms with van der Waals surface area (Å²) in [6, 6.07) is 9.43. The van der Waals surface area contributed by atoms with Crippen LogP contribution in [0, 0.1) is 13.8 Å². The van der Waals surface area contributed by atoms with Crippen LogP contribution in [0.2, 0.25) is 0 Å². The zero-order valence-electron chi connectivity index (χ0n) is 19.5. The summed E-state index contributed by atoms with van der Waals surface area (Å²) < 4.78 is 29.1. The van der Waals surface area contributed by atoms with E-state index in [2.05, 4.69) is 29.6 Å². The highest BCUT2D eigenvalue weighted by atomic mass is 32.2. The summed E-state index contributed by atoms with van der Waals surface area (Å²) in [6.45, 7) is 6.98. The number of nitrogens with zero attached hydrogens (tertiary/aromatic N) is 3. The number of aromatic nitrogens is 2. The third-order valence-electron chi connectivity index (χ3n) is 6.04. The summed E-state index contributed by atoms with van der Waals surface area (Å²) in [5.41, 5.74) is 3.44. The van der Waals surface area contributed by atoms with Crippen molar-refractivity contribution in [3.05, 3.63) is 58.4 Å². The van der Waals surface area contributed by atoms with Crippen molar-refractivity contribution in [3.8, 4) is 10.6 Å². The molecule has 176 valence electrons. The number of hydrogen-bond donors (Lipinski definition) is 1. The first-order valence-corrected chi connectivity index (χ1v) is 13.4. The van der Waals surface area contributed by atoms with Crippen molar-refractivity contribution in [2.24, 2.45) is 7.05 Å². The van der Waals surface area contributed by atoms with Gasteiger partial charge in [0, 0.05) is 31.9 Å². The minimum absolute atomic E-state index is 0.167. The number of piperidine rings is 1. The van der Waals surface area contributed by atoms with Gasteiger partial charge in [0.15, 0.2) is 0 Å². The van der Waals surface area contributed by atoms with Crippen LogP contribution in [0.1, 0.15) is 58.9 Å². The maximum absolute atomic E-state index is 13.0. The molecule has 0 radical (unpaired) electrons. The predicted octanol–water partition coefficient (Wildman–Crippen LogP) is 4.43. The molecular formula is C24H30N4O3S2. The van der Waals surface area contributed by atoms with E-state index in [-0.39, 0.29) is 16.8 Å². The third kappa shape index (κ3) is 4.90. The molecule has 1 unspecified atom stereocenters. The van der Waals surface area contributed by atoms with E-state index in [0.29, 0.717) is 18.8 Å². The quantitative estimate of drug-likeness (QED) is 0.559. The first-order chi connectivity index (χ1) is 15.7. The van der Waals surface area contributed by atoms with E-state index in [1.54, 1.807) is 23.0 Å². The number of benzene rings is 1. The molecule has 3 aromatic rings. The van der Waals surface area contributed by atoms with E-state index in [4.69, 9.17) is 4.98 Å². The topological polar surface area (TPSA) is 84.3 Å². The number of amides is 1. The van der Waals surface area contributed by atoms with E-state index in [1.807, 2.05) is 20.8 Å². The maximum Gasteiger partial charge on any atom is 0.268 e. The van der Waals surface area contributed by atoms with Gasteiger partial charge in [0.25, 0.3) is 5.91 Å². The molecule has 0 spiro atoms. The lowest BCUT2D eigenvalue weighted by Crippen LogP contribution is -2.35. The lowest BCUT2D eigenvalue weighted by Gasteiger charge is -2.25. The molecule has 33 heavy (non-hydrogen) atoms. The summed E-state index contributed by atoms with van der Waals surface area (Å²) in [7, 11) is -1.89. The maximum atomic E-state index is 13.0. The van der Waals surface area contributed by atoms with Crippen LogP contribution in [0.5, 0.6) is 0 Å². The van der Waals surface area contributed by atoms with Gasteiger partial charge in [-0.1, -0.05) is 36.2 Å². The molecule has 1 N–H and O–H groups in total. The predicted molar refractivity (Wildman–Crippen MR) is 131 cm³/mol. The molecule has 0 bridgehead atoms. The van der Waals surface area contributed by atoms with E-state index >= 15 is 0 Å². The summed E-state index contributed by atoms with van der Waals surface area (Å²) >= 11 is 1.56. The average molecular weight is 487 g/mol. The molecule has 3 heterocycles. The van der Waals surface area contributed by atoms with Crippen LogP contribution in [-0.2, 0) is 17.1 Å². The Kier molecular flexibility index (Phi) is 6.74. The minimum atomic E-state index is -3.59. The molecule has 1 amide bonds. The second-order valence-electron chi connectivity index (χ2n) is 8.67. The Balaban J connectivity index is 1.51. The molecule has 0 saturated carbocycles. The molecule has 0 aliphatic carbocycles. The van der Waals surface area contributed by atoms with Crippen LogP contribution >= 0.6 is 11.3 Å². The van der Waals surface area contributed by atoms with Crippen LogP contribution in [0.3, 0.4) is 0 Å². The van der Waals surface area contributed by atoms with Crippen LogP contribution in [0.15, 0.2) is 41.4 Å². The fourth-order valence-electron chi connectivity index (χ4n) is 4.12. The number of carbonyl (C=O) groups is 1. The molecular weight excluding hydrogens is 456 g/mol. The van der Waals surface area contributed by atoms with E-state index in [0.717, 1.165) is 40.4 Å². The number of aryl methyl sites for hydroxylation is 3. The largest absolute Gasteiger partial charge is 0.345 e. The first kappa shape index (κ1) is 23.7. The molecule has 1 saturated heterocycles. The zero-order valence-corrected chi connectivity index (χ0v) is 21.1. The molecule has 2 aromatic heterocycles. The van der Waals surface area contributed by atoms with Crippen molar-refractivity contribution in [1.82, 2.24) is 19.2 Å². The van der Waals surface area contributed by atoms with Crippen LogP contribution in [0.4, 0.5) is 0 Å². The number of sulfonamides is 1. The second-order valence-corrected chi connectivity index (χ2v) is 11.6. The smallest absolute Gasteiger partial charge is 0.268 e. The number of nitrogens with one attached hydrogen (secondary N) is 1. The highest BCUT2D eigenvalue weighted by molar-refractivity contribution is 7.89. The normalized spacial score (nSPS) is 16.0. The first-order valence-electron chi connectivity index (χ1n) is 11.2. The van der Waals surface area contributed by atoms with E-state index in [9.17, 15) is 13.2 Å². The Bertz CT molecular complexity index is 1250. The Labute approximate surface area is 199 Å². The SMILES string of the molecule is Cc1ccc(-c2nc(C)c(C(C)NC(=O)c3cc(S(=O)(=O)N4CCCCC4)cn3C)s2)cc1. The monoisotopic (exact) mass is 486 g/mol. The average Bonchev–Trinajstić information content (AvgIpc) is 3.38. The van der Waals surface area contributed by atoms with Crippen molar-refractivity contribution in [2.75, 3.05) is 13.1 Å². The van der Waals surface area contributed by atoms with Gasteiger partial charge < -0.3 is 9.88 Å². The van der Waals surface area contributed by atoms with Gasteiger partial charge in [-0.2, -0.15) is 4.31 Å². The van der Waals surface area contributed by atoms with Crippen molar-refractivity contribution in [2.45, 2.75) is 51.0 Å². The molecule has 7 nitrogen and oxygen atoms in total. The van der Waals surface area contributed by atoms with Gasteiger partial charge in [0.2, 0.25) is 10.0 Å². The Morgan fingerprint density at radius 2 is 1.79 bits per heavy atom. The van der Waals surface area contributed by atoms with Crippen LogP contribution in [-0.4, -0.2) is 41.3 Å². The van der Waals surface area contributed by atoms with E-state index < -0.39 is 10.0 Å². The number of thiazole rings is 1. The lowest BCUT2D eigenvalue weighted by molar-refractivity contribution is 0.0932. The molecule has 1 aliphatic rings. The fraction of sp³-hybridized carbons (Fsp3) is 0.417. The molecule has 1 fully saturated rings. The molecule has 9 heteroatoms. The highest BCUT2D eigenvalue weighted by Crippen LogP contribution is 2.32. The Morgan fingerprint density at radius 1 is 1.12 bits per heavy atom. The van der Waals surface area contributed by atoms with Gasteiger partial charge in [-0.3, -0.25) is 4.79 Å². The number of rotatable bonds is 6. The lowest BCUT2D eigenvalue weighted by atomic mass is 10.2. The van der Waals surface area contributed by atoms with Gasteiger partial charge in [-0.25, -0.2) is 13.4 Å². The van der Waals surface area contributed by atoms with Gasteiger partial charge in [-0.05, 0) is 39.7 Å². The van der Waals surface area contributed by atoms with Crippen LogP contribution in [0.25, 0.3) is 10.6 Å². The van der Waals surface area contributed by atoms with Gasteiger partial charge in [0.05, 0.1) is 16.6 Å². The number of carbonyl (C=O) groups excluding carboxylic acids is 1. The summed E-state index contributed by atoms with van der Waals surface area (Å²) in [5.74, 6) is -0.310. The standard InChI is InChI=1S/C24H30N4O3S2/c1-16-8-10-19(11-9-16)24-26-18(3)22(32-24)17(2)25-23(29)21-14-20(15-27(21)4)33(30,31)28-12-6-5-7-13-28/h8-11,14-15,17H,5-7,12-13H2,1-4H3,(H,25,29).